The molecule has 1 atom stereocenters. The maximum atomic E-state index is 9.61. The highest BCUT2D eigenvalue weighted by atomic mass is 14.4. The Bertz CT molecular complexity index is 607. The number of benzene rings is 2. The number of rotatable bonds is 3. The maximum absolute atomic E-state index is 9.61. The van der Waals surface area contributed by atoms with E-state index in [1.54, 1.807) is 0 Å². The molecule has 19 heavy (non-hydrogen) atoms. The summed E-state index contributed by atoms with van der Waals surface area (Å²) in [6.07, 6.45) is 0.751. The highest BCUT2D eigenvalue weighted by Gasteiger charge is 2.27. The molecule has 0 aliphatic carbocycles. The van der Waals surface area contributed by atoms with Crippen LogP contribution in [0.2, 0.25) is 0 Å². The quantitative estimate of drug-likeness (QED) is 0.794. The van der Waals surface area contributed by atoms with Crippen molar-refractivity contribution in [3.8, 4) is 6.07 Å². The summed E-state index contributed by atoms with van der Waals surface area (Å²) in [5.41, 5.74) is 4.36. The van der Waals surface area contributed by atoms with Crippen LogP contribution in [0.15, 0.2) is 48.5 Å². The largest absolute Gasteiger partial charge is 0.197 e. The van der Waals surface area contributed by atoms with Gasteiger partial charge in [0.15, 0.2) is 0 Å². The van der Waals surface area contributed by atoms with Crippen LogP contribution in [0.4, 0.5) is 0 Å². The molecule has 2 aromatic carbocycles. The predicted octanol–water partition coefficient (Wildman–Crippen LogP) is 4.33. The molecule has 0 N–H and O–H groups in total. The Balaban J connectivity index is 2.39. The molecule has 1 heteroatoms. The highest BCUT2D eigenvalue weighted by molar-refractivity contribution is 5.38. The Kier molecular flexibility index (Phi) is 3.71. The average molecular weight is 249 g/mol. The molecule has 0 aromatic heterocycles. The summed E-state index contributed by atoms with van der Waals surface area (Å²) in [5, 5.41) is 9.61. The summed E-state index contributed by atoms with van der Waals surface area (Å²) in [7, 11) is 0. The van der Waals surface area contributed by atoms with Crippen molar-refractivity contribution in [1.29, 1.82) is 5.26 Å². The predicted molar refractivity (Wildman–Crippen MR) is 79.0 cm³/mol. The van der Waals surface area contributed by atoms with Gasteiger partial charge >= 0.3 is 0 Å². The van der Waals surface area contributed by atoms with Gasteiger partial charge in [-0.3, -0.25) is 0 Å². The number of hydrogen-bond donors (Lipinski definition) is 0. The first-order chi connectivity index (χ1) is 9.05. The summed E-state index contributed by atoms with van der Waals surface area (Å²) >= 11 is 0. The van der Waals surface area contributed by atoms with Crippen LogP contribution in [0.1, 0.15) is 29.2 Å². The van der Waals surface area contributed by atoms with Gasteiger partial charge in [-0.1, -0.05) is 54.1 Å². The number of nitriles is 1. The van der Waals surface area contributed by atoms with E-state index in [0.717, 1.165) is 12.0 Å². The Morgan fingerprint density at radius 1 is 1.05 bits per heavy atom. The van der Waals surface area contributed by atoms with Gasteiger partial charge in [-0.05, 0) is 43.9 Å². The number of hydrogen-bond acceptors (Lipinski definition) is 1. The first kappa shape index (κ1) is 13.4. The van der Waals surface area contributed by atoms with Crippen LogP contribution in [0.5, 0.6) is 0 Å². The molecule has 0 saturated heterocycles. The van der Waals surface area contributed by atoms with E-state index in [1.807, 2.05) is 37.3 Å². The third-order valence-corrected chi connectivity index (χ3v) is 3.71. The van der Waals surface area contributed by atoms with E-state index in [4.69, 9.17) is 0 Å². The minimum Gasteiger partial charge on any atom is -0.197 e. The van der Waals surface area contributed by atoms with Crippen molar-refractivity contribution in [3.05, 3.63) is 70.8 Å². The molecule has 96 valence electrons. The Morgan fingerprint density at radius 2 is 1.74 bits per heavy atom. The van der Waals surface area contributed by atoms with E-state index in [-0.39, 0.29) is 0 Å². The van der Waals surface area contributed by atoms with Crippen LogP contribution in [-0.4, -0.2) is 0 Å². The molecule has 0 aliphatic rings. The number of aryl methyl sites for hydroxylation is 2. The van der Waals surface area contributed by atoms with Crippen molar-refractivity contribution in [3.63, 3.8) is 0 Å². The van der Waals surface area contributed by atoms with Crippen LogP contribution >= 0.6 is 0 Å². The maximum Gasteiger partial charge on any atom is 0.0834 e. The molecule has 0 saturated carbocycles. The van der Waals surface area contributed by atoms with Gasteiger partial charge in [0.25, 0.3) is 0 Å². The van der Waals surface area contributed by atoms with E-state index in [2.05, 4.69) is 38.1 Å². The summed E-state index contributed by atoms with van der Waals surface area (Å²) < 4.78 is 0. The Morgan fingerprint density at radius 3 is 2.37 bits per heavy atom. The van der Waals surface area contributed by atoms with Crippen LogP contribution in [-0.2, 0) is 11.8 Å². The lowest BCUT2D eigenvalue weighted by atomic mass is 9.77. The van der Waals surface area contributed by atoms with E-state index >= 15 is 0 Å². The lowest BCUT2D eigenvalue weighted by Gasteiger charge is -2.23. The molecule has 0 amide bonds. The van der Waals surface area contributed by atoms with Gasteiger partial charge in [0.05, 0.1) is 11.5 Å². The molecule has 0 bridgehead atoms. The van der Waals surface area contributed by atoms with Crippen LogP contribution in [0.3, 0.4) is 0 Å². The first-order valence-corrected chi connectivity index (χ1v) is 6.58. The molecule has 0 spiro atoms. The first-order valence-electron chi connectivity index (χ1n) is 6.58. The molecular weight excluding hydrogens is 230 g/mol. The summed E-state index contributed by atoms with van der Waals surface area (Å²) in [6.45, 7) is 6.22. The SMILES string of the molecule is Cc1ccc(C)c(CC(C)(C#N)c2ccccc2)c1. The summed E-state index contributed by atoms with van der Waals surface area (Å²) in [4.78, 5) is 0. The standard InChI is InChI=1S/C18H19N/c1-14-9-10-15(2)16(11-14)12-18(3,13-19)17-7-5-4-6-8-17/h4-11H,12H2,1-3H3. The van der Waals surface area contributed by atoms with E-state index in [9.17, 15) is 5.26 Å². The van der Waals surface area contributed by atoms with Crippen molar-refractivity contribution < 1.29 is 0 Å². The molecule has 0 aliphatic heterocycles. The van der Waals surface area contributed by atoms with Crippen molar-refractivity contribution in [2.45, 2.75) is 32.6 Å². The monoisotopic (exact) mass is 249 g/mol. The molecule has 2 rings (SSSR count). The van der Waals surface area contributed by atoms with Gasteiger partial charge in [0.1, 0.15) is 0 Å². The van der Waals surface area contributed by atoms with Gasteiger partial charge < -0.3 is 0 Å². The molecule has 0 heterocycles. The fourth-order valence-corrected chi connectivity index (χ4v) is 2.38. The smallest absolute Gasteiger partial charge is 0.0834 e. The van der Waals surface area contributed by atoms with Crippen molar-refractivity contribution in [2.24, 2.45) is 0 Å². The summed E-state index contributed by atoms with van der Waals surface area (Å²) in [5.74, 6) is 0. The minimum absolute atomic E-state index is 0.472. The Hall–Kier alpha value is -2.07. The van der Waals surface area contributed by atoms with Gasteiger partial charge in [-0.2, -0.15) is 5.26 Å². The van der Waals surface area contributed by atoms with E-state index in [1.165, 1.54) is 16.7 Å². The summed E-state index contributed by atoms with van der Waals surface area (Å²) in [6, 6.07) is 19.0. The molecule has 2 aromatic rings. The van der Waals surface area contributed by atoms with E-state index < -0.39 is 5.41 Å². The van der Waals surface area contributed by atoms with E-state index in [0.29, 0.717) is 0 Å². The third-order valence-electron chi connectivity index (χ3n) is 3.71. The van der Waals surface area contributed by atoms with Crippen LogP contribution < -0.4 is 0 Å². The molecule has 0 fully saturated rings. The second-order valence-corrected chi connectivity index (χ2v) is 5.42. The normalized spacial score (nSPS) is 13.6. The van der Waals surface area contributed by atoms with Crippen LogP contribution in [0, 0.1) is 25.2 Å². The zero-order valence-corrected chi connectivity index (χ0v) is 11.8. The fraction of sp³-hybridized carbons (Fsp3) is 0.278. The minimum atomic E-state index is -0.472. The number of nitrogens with zero attached hydrogens (tertiary/aromatic N) is 1. The lowest BCUT2D eigenvalue weighted by Crippen LogP contribution is -2.23. The lowest BCUT2D eigenvalue weighted by molar-refractivity contribution is 0.604. The Labute approximate surface area is 115 Å². The second kappa shape index (κ2) is 5.28. The van der Waals surface area contributed by atoms with Gasteiger partial charge in [0.2, 0.25) is 0 Å². The van der Waals surface area contributed by atoms with Crippen LogP contribution in [0.25, 0.3) is 0 Å². The van der Waals surface area contributed by atoms with Gasteiger partial charge in [-0.15, -0.1) is 0 Å². The zero-order valence-electron chi connectivity index (χ0n) is 11.8. The third kappa shape index (κ3) is 2.85. The zero-order chi connectivity index (χ0) is 13.9. The topological polar surface area (TPSA) is 23.8 Å². The van der Waals surface area contributed by atoms with Crippen molar-refractivity contribution >= 4 is 0 Å². The second-order valence-electron chi connectivity index (χ2n) is 5.42. The average Bonchev–Trinajstić information content (AvgIpc) is 2.44. The van der Waals surface area contributed by atoms with Gasteiger partial charge in [0, 0.05) is 0 Å². The van der Waals surface area contributed by atoms with Gasteiger partial charge in [-0.25, -0.2) is 0 Å². The molecular formula is C18H19N. The molecule has 1 nitrogen and oxygen atoms in total. The fourth-order valence-electron chi connectivity index (χ4n) is 2.38. The molecule has 1 unspecified atom stereocenters. The van der Waals surface area contributed by atoms with Crippen molar-refractivity contribution in [2.75, 3.05) is 0 Å². The van der Waals surface area contributed by atoms with Crippen molar-refractivity contribution in [1.82, 2.24) is 0 Å². The highest BCUT2D eigenvalue weighted by Crippen LogP contribution is 2.29. The molecule has 0 radical (unpaired) electrons.